The van der Waals surface area contributed by atoms with Crippen molar-refractivity contribution in [1.82, 2.24) is 4.98 Å². The molecule has 0 saturated carbocycles. The van der Waals surface area contributed by atoms with E-state index < -0.39 is 4.92 Å². The smallest absolute Gasteiger partial charge is 0.270 e. The molecule has 1 heterocycles. The molecule has 0 atom stereocenters. The molecule has 0 amide bonds. The van der Waals surface area contributed by atoms with Gasteiger partial charge in [-0.15, -0.1) is 0 Å². The predicted molar refractivity (Wildman–Crippen MR) is 111 cm³/mol. The maximum Gasteiger partial charge on any atom is 0.270 e. The summed E-state index contributed by atoms with van der Waals surface area (Å²) in [4.78, 5) is 15.1. The molecule has 0 aliphatic heterocycles. The van der Waals surface area contributed by atoms with Crippen molar-refractivity contribution in [2.75, 3.05) is 7.11 Å². The van der Waals surface area contributed by atoms with Gasteiger partial charge in [0, 0.05) is 23.3 Å². The zero-order chi connectivity index (χ0) is 20.9. The summed E-state index contributed by atoms with van der Waals surface area (Å²) in [6.45, 7) is 0.0911. The number of non-ortho nitro benzene ring substituents is 1. The lowest BCUT2D eigenvalue weighted by atomic mass is 10.0. The molecule has 7 heteroatoms. The van der Waals surface area contributed by atoms with E-state index in [1.807, 2.05) is 42.5 Å². The summed E-state index contributed by atoms with van der Waals surface area (Å²) in [5.74, 6) is 2.24. The van der Waals surface area contributed by atoms with Gasteiger partial charge in [0.2, 0.25) is 5.89 Å². The van der Waals surface area contributed by atoms with Crippen LogP contribution >= 0.6 is 0 Å². The van der Waals surface area contributed by atoms with E-state index in [1.165, 1.54) is 12.1 Å². The van der Waals surface area contributed by atoms with Gasteiger partial charge < -0.3 is 13.9 Å². The van der Waals surface area contributed by atoms with Crippen LogP contribution in [-0.4, -0.2) is 17.0 Å². The molecule has 150 valence electrons. The van der Waals surface area contributed by atoms with E-state index in [9.17, 15) is 10.1 Å². The number of nitro benzene ring substituents is 1. The molecule has 0 fully saturated rings. The van der Waals surface area contributed by atoms with Crippen LogP contribution in [0.1, 0.15) is 5.89 Å². The summed E-state index contributed by atoms with van der Waals surface area (Å²) in [6.07, 6.45) is 1.65. The van der Waals surface area contributed by atoms with E-state index in [0.29, 0.717) is 28.7 Å². The summed E-state index contributed by atoms with van der Waals surface area (Å²) in [5.41, 5.74) is 2.27. The minimum absolute atomic E-state index is 0.0179. The maximum atomic E-state index is 11.2. The van der Waals surface area contributed by atoms with Gasteiger partial charge >= 0.3 is 0 Å². The van der Waals surface area contributed by atoms with Crippen molar-refractivity contribution in [2.24, 2.45) is 0 Å². The van der Waals surface area contributed by atoms with Crippen molar-refractivity contribution in [3.63, 3.8) is 0 Å². The highest BCUT2D eigenvalue weighted by Crippen LogP contribution is 2.35. The number of rotatable bonds is 7. The molecule has 0 unspecified atom stereocenters. The lowest BCUT2D eigenvalue weighted by Gasteiger charge is -2.11. The van der Waals surface area contributed by atoms with E-state index in [1.54, 1.807) is 31.5 Å². The Kier molecular flexibility index (Phi) is 5.43. The highest BCUT2D eigenvalue weighted by atomic mass is 16.6. The predicted octanol–water partition coefficient (Wildman–Crippen LogP) is 5.50. The average molecular weight is 402 g/mol. The van der Waals surface area contributed by atoms with Gasteiger partial charge in [-0.2, -0.15) is 0 Å². The molecule has 0 saturated heterocycles. The number of nitrogens with zero attached hydrogens (tertiary/aromatic N) is 2. The molecule has 4 rings (SSSR count). The van der Waals surface area contributed by atoms with E-state index in [2.05, 4.69) is 4.98 Å². The number of aromatic nitrogens is 1. The third-order valence-corrected chi connectivity index (χ3v) is 4.54. The van der Waals surface area contributed by atoms with Crippen LogP contribution in [0.15, 0.2) is 83.4 Å². The molecule has 0 aliphatic carbocycles. The zero-order valence-corrected chi connectivity index (χ0v) is 16.1. The van der Waals surface area contributed by atoms with Crippen molar-refractivity contribution < 1.29 is 18.8 Å². The second-order valence-corrected chi connectivity index (χ2v) is 6.44. The molecule has 0 spiro atoms. The van der Waals surface area contributed by atoms with E-state index in [-0.39, 0.29) is 12.3 Å². The zero-order valence-electron chi connectivity index (χ0n) is 16.1. The van der Waals surface area contributed by atoms with Gasteiger partial charge in [0.15, 0.2) is 12.4 Å². The van der Waals surface area contributed by atoms with Crippen LogP contribution in [-0.2, 0) is 6.61 Å². The largest absolute Gasteiger partial charge is 0.497 e. The minimum Gasteiger partial charge on any atom is -0.497 e. The number of oxazole rings is 1. The van der Waals surface area contributed by atoms with Crippen molar-refractivity contribution in [2.45, 2.75) is 6.61 Å². The Morgan fingerprint density at radius 2 is 1.77 bits per heavy atom. The SMILES string of the molecule is COc1ccc(-c2cc([N+](=O)[O-])ccc2OCc2ncc(-c3ccccc3)o2)cc1. The molecule has 0 aliphatic rings. The fraction of sp³-hybridized carbons (Fsp3) is 0.0870. The van der Waals surface area contributed by atoms with Gasteiger partial charge in [-0.25, -0.2) is 4.98 Å². The van der Waals surface area contributed by atoms with Crippen LogP contribution in [0.5, 0.6) is 11.5 Å². The van der Waals surface area contributed by atoms with E-state index in [4.69, 9.17) is 13.9 Å². The van der Waals surface area contributed by atoms with Crippen LogP contribution in [0.3, 0.4) is 0 Å². The first-order valence-corrected chi connectivity index (χ1v) is 9.20. The van der Waals surface area contributed by atoms with Crippen LogP contribution in [0.2, 0.25) is 0 Å². The quantitative estimate of drug-likeness (QED) is 0.299. The van der Waals surface area contributed by atoms with Crippen LogP contribution in [0.4, 0.5) is 5.69 Å². The number of hydrogen-bond donors (Lipinski definition) is 0. The van der Waals surface area contributed by atoms with Crippen molar-refractivity contribution in [1.29, 1.82) is 0 Å². The Hall–Kier alpha value is -4.13. The average Bonchev–Trinajstić information content (AvgIpc) is 3.27. The summed E-state index contributed by atoms with van der Waals surface area (Å²) in [6, 6.07) is 21.3. The molecule has 3 aromatic carbocycles. The fourth-order valence-electron chi connectivity index (χ4n) is 3.01. The monoisotopic (exact) mass is 402 g/mol. The molecule has 1 aromatic heterocycles. The first-order valence-electron chi connectivity index (χ1n) is 9.20. The van der Waals surface area contributed by atoms with Gasteiger partial charge in [0.1, 0.15) is 11.5 Å². The number of ether oxygens (including phenoxy) is 2. The van der Waals surface area contributed by atoms with Crippen molar-refractivity contribution >= 4 is 5.69 Å². The molecular weight excluding hydrogens is 384 g/mol. The normalized spacial score (nSPS) is 10.6. The molecular formula is C23H18N2O5. The summed E-state index contributed by atoms with van der Waals surface area (Å²) >= 11 is 0. The molecule has 0 bridgehead atoms. The Morgan fingerprint density at radius 1 is 1.00 bits per heavy atom. The number of benzene rings is 3. The molecule has 30 heavy (non-hydrogen) atoms. The van der Waals surface area contributed by atoms with Gasteiger partial charge in [0.25, 0.3) is 5.69 Å². The molecule has 0 N–H and O–H groups in total. The third-order valence-electron chi connectivity index (χ3n) is 4.54. The van der Waals surface area contributed by atoms with Gasteiger partial charge in [-0.3, -0.25) is 10.1 Å². The number of methoxy groups -OCH3 is 1. The van der Waals surface area contributed by atoms with Gasteiger partial charge in [-0.05, 0) is 23.8 Å². The summed E-state index contributed by atoms with van der Waals surface area (Å²) in [7, 11) is 1.58. The first-order chi connectivity index (χ1) is 14.6. The highest BCUT2D eigenvalue weighted by molar-refractivity contribution is 5.73. The van der Waals surface area contributed by atoms with Gasteiger partial charge in [0.05, 0.1) is 18.2 Å². The lowest BCUT2D eigenvalue weighted by molar-refractivity contribution is -0.384. The second-order valence-electron chi connectivity index (χ2n) is 6.44. The van der Waals surface area contributed by atoms with E-state index >= 15 is 0 Å². The third kappa shape index (κ3) is 4.15. The Bertz CT molecular complexity index is 1150. The minimum atomic E-state index is -0.434. The van der Waals surface area contributed by atoms with Crippen LogP contribution < -0.4 is 9.47 Å². The molecule has 4 aromatic rings. The summed E-state index contributed by atoms with van der Waals surface area (Å²) in [5, 5.41) is 11.2. The second kappa shape index (κ2) is 8.48. The Labute approximate surface area is 172 Å². The lowest BCUT2D eigenvalue weighted by Crippen LogP contribution is -1.98. The maximum absolute atomic E-state index is 11.2. The fourth-order valence-corrected chi connectivity index (χ4v) is 3.01. The first kappa shape index (κ1) is 19.2. The number of nitro groups is 1. The summed E-state index contributed by atoms with van der Waals surface area (Å²) < 4.78 is 16.9. The molecule has 0 radical (unpaired) electrons. The van der Waals surface area contributed by atoms with Crippen molar-refractivity contribution in [3.8, 4) is 33.9 Å². The van der Waals surface area contributed by atoms with Crippen LogP contribution in [0.25, 0.3) is 22.5 Å². The Balaban J connectivity index is 1.59. The Morgan fingerprint density at radius 3 is 2.47 bits per heavy atom. The van der Waals surface area contributed by atoms with Crippen molar-refractivity contribution in [3.05, 3.63) is 95.0 Å². The topological polar surface area (TPSA) is 87.6 Å². The number of hydrogen-bond acceptors (Lipinski definition) is 6. The van der Waals surface area contributed by atoms with Gasteiger partial charge in [-0.1, -0.05) is 42.5 Å². The highest BCUT2D eigenvalue weighted by Gasteiger charge is 2.15. The van der Waals surface area contributed by atoms with E-state index in [0.717, 1.165) is 11.1 Å². The standard InChI is InChI=1S/C23H18N2O5/c1-28-19-10-7-16(8-11-19)20-13-18(25(26)27)9-12-21(20)29-15-23-24-14-22(30-23)17-5-3-2-4-6-17/h2-14H,15H2,1H3. The van der Waals surface area contributed by atoms with Crippen LogP contribution in [0, 0.1) is 10.1 Å². The molecule has 7 nitrogen and oxygen atoms in total.